The summed E-state index contributed by atoms with van der Waals surface area (Å²) in [6.07, 6.45) is 5.45. The number of hydrogen-bond acceptors (Lipinski definition) is 3. The van der Waals surface area contributed by atoms with Crippen molar-refractivity contribution in [1.82, 2.24) is 4.90 Å². The lowest BCUT2D eigenvalue weighted by Crippen LogP contribution is -2.35. The van der Waals surface area contributed by atoms with Gasteiger partial charge in [0.15, 0.2) is 0 Å². The molecule has 2 aromatic rings. The summed E-state index contributed by atoms with van der Waals surface area (Å²) in [6.45, 7) is 0.665. The number of rotatable bonds is 5. The van der Waals surface area contributed by atoms with Crippen LogP contribution in [0, 0.1) is 15.9 Å². The van der Waals surface area contributed by atoms with Gasteiger partial charge in [-0.15, -0.1) is 0 Å². The van der Waals surface area contributed by atoms with Crippen LogP contribution < -0.4 is 0 Å². The third-order valence-electron chi connectivity index (χ3n) is 4.52. The van der Waals surface area contributed by atoms with Crippen LogP contribution >= 0.6 is 0 Å². The number of carbonyl (C=O) groups excluding carboxylic acids is 1. The summed E-state index contributed by atoms with van der Waals surface area (Å²) < 4.78 is 13.4. The second-order valence-electron chi connectivity index (χ2n) is 6.35. The molecule has 1 aliphatic heterocycles. The minimum absolute atomic E-state index is 0.00949. The largest absolute Gasteiger partial charge is 0.336 e. The second-order valence-corrected chi connectivity index (χ2v) is 6.35. The van der Waals surface area contributed by atoms with Gasteiger partial charge in [-0.2, -0.15) is 0 Å². The van der Waals surface area contributed by atoms with Crippen LogP contribution in [0.4, 0.5) is 10.1 Å². The number of nitro benzene ring substituents is 1. The lowest BCUT2D eigenvalue weighted by Gasteiger charge is -2.23. The Morgan fingerprint density at radius 1 is 1.27 bits per heavy atom. The number of amides is 1. The lowest BCUT2D eigenvalue weighted by atomic mass is 10.0. The van der Waals surface area contributed by atoms with Crippen molar-refractivity contribution >= 4 is 17.7 Å². The summed E-state index contributed by atoms with van der Waals surface area (Å²) in [7, 11) is 0. The Morgan fingerprint density at radius 3 is 2.85 bits per heavy atom. The Morgan fingerprint density at radius 2 is 2.08 bits per heavy atom. The summed E-state index contributed by atoms with van der Waals surface area (Å²) in [5, 5.41) is 10.8. The molecule has 0 saturated carbocycles. The van der Waals surface area contributed by atoms with E-state index in [4.69, 9.17) is 0 Å². The molecule has 1 saturated heterocycles. The molecule has 1 atom stereocenters. The molecule has 1 amide bonds. The van der Waals surface area contributed by atoms with Gasteiger partial charge in [0.2, 0.25) is 5.91 Å². The first-order valence-corrected chi connectivity index (χ1v) is 8.50. The van der Waals surface area contributed by atoms with E-state index in [-0.39, 0.29) is 23.5 Å². The number of halogens is 1. The zero-order chi connectivity index (χ0) is 18.5. The van der Waals surface area contributed by atoms with Gasteiger partial charge in [-0.3, -0.25) is 14.9 Å². The van der Waals surface area contributed by atoms with E-state index in [0.717, 1.165) is 18.4 Å². The molecule has 1 heterocycles. The van der Waals surface area contributed by atoms with Gasteiger partial charge in [-0.05, 0) is 48.6 Å². The molecular weight excluding hydrogens is 335 g/mol. The minimum atomic E-state index is -0.464. The number of non-ortho nitro benzene ring substituents is 1. The summed E-state index contributed by atoms with van der Waals surface area (Å²) >= 11 is 0. The molecule has 0 aromatic heterocycles. The zero-order valence-electron chi connectivity index (χ0n) is 14.2. The quantitative estimate of drug-likeness (QED) is 0.463. The fourth-order valence-corrected chi connectivity index (χ4v) is 3.28. The molecule has 3 rings (SSSR count). The van der Waals surface area contributed by atoms with Crippen LogP contribution in [0.3, 0.4) is 0 Å². The van der Waals surface area contributed by atoms with E-state index < -0.39 is 4.92 Å². The number of hydrogen-bond donors (Lipinski definition) is 0. The van der Waals surface area contributed by atoms with Gasteiger partial charge in [0.05, 0.1) is 4.92 Å². The molecular formula is C20H19FN2O3. The molecule has 2 aromatic carbocycles. The number of nitrogens with zero attached hydrogens (tertiary/aromatic N) is 2. The van der Waals surface area contributed by atoms with Crippen molar-refractivity contribution in [3.8, 4) is 0 Å². The molecule has 5 nitrogen and oxygen atoms in total. The van der Waals surface area contributed by atoms with Crippen molar-refractivity contribution in [2.45, 2.75) is 25.3 Å². The minimum Gasteiger partial charge on any atom is -0.336 e. The highest BCUT2D eigenvalue weighted by Gasteiger charge is 2.27. The fourth-order valence-electron chi connectivity index (χ4n) is 3.28. The van der Waals surface area contributed by atoms with Crippen LogP contribution in [0.5, 0.6) is 0 Å². The Kier molecular flexibility index (Phi) is 5.41. The molecule has 0 bridgehead atoms. The molecule has 134 valence electrons. The van der Waals surface area contributed by atoms with Crippen molar-refractivity contribution < 1.29 is 14.1 Å². The van der Waals surface area contributed by atoms with Gasteiger partial charge in [0, 0.05) is 30.8 Å². The third-order valence-corrected chi connectivity index (χ3v) is 4.52. The Hall–Kier alpha value is -3.02. The molecule has 0 N–H and O–H groups in total. The molecule has 1 unspecified atom stereocenters. The van der Waals surface area contributed by atoms with E-state index in [9.17, 15) is 19.3 Å². The normalized spacial score (nSPS) is 17.0. The van der Waals surface area contributed by atoms with Gasteiger partial charge in [-0.25, -0.2) is 4.39 Å². The lowest BCUT2D eigenvalue weighted by molar-refractivity contribution is -0.384. The van der Waals surface area contributed by atoms with Gasteiger partial charge in [0.1, 0.15) is 5.82 Å². The standard InChI is InChI=1S/C20H19FN2O3/c21-17-6-1-5-16(12-17)14-18-8-3-11-22(18)20(24)10-9-15-4-2-7-19(13-15)23(25)26/h1-2,4-7,9-10,12-13,18H,3,8,11,14H2/b10-9+. The topological polar surface area (TPSA) is 63.4 Å². The maximum absolute atomic E-state index is 13.4. The summed E-state index contributed by atoms with van der Waals surface area (Å²) in [5.74, 6) is -0.403. The number of likely N-dealkylation sites (tertiary alicyclic amines) is 1. The SMILES string of the molecule is O=C(/C=C/c1cccc([N+](=O)[O-])c1)N1CCCC1Cc1cccc(F)c1. The summed E-state index contributed by atoms with van der Waals surface area (Å²) in [5.41, 5.74) is 1.47. The van der Waals surface area contributed by atoms with Gasteiger partial charge >= 0.3 is 0 Å². The van der Waals surface area contributed by atoms with Crippen LogP contribution in [0.15, 0.2) is 54.6 Å². The van der Waals surface area contributed by atoms with E-state index in [1.54, 1.807) is 29.2 Å². The van der Waals surface area contributed by atoms with Crippen LogP contribution in [0.1, 0.15) is 24.0 Å². The molecule has 1 fully saturated rings. The van der Waals surface area contributed by atoms with Crippen molar-refractivity contribution in [3.63, 3.8) is 0 Å². The van der Waals surface area contributed by atoms with Crippen LogP contribution in [-0.2, 0) is 11.2 Å². The van der Waals surface area contributed by atoms with Crippen LogP contribution in [0.25, 0.3) is 6.08 Å². The van der Waals surface area contributed by atoms with E-state index in [2.05, 4.69) is 0 Å². The van der Waals surface area contributed by atoms with E-state index in [1.807, 2.05) is 6.07 Å². The van der Waals surface area contributed by atoms with Gasteiger partial charge in [-0.1, -0.05) is 24.3 Å². The van der Waals surface area contributed by atoms with Gasteiger partial charge < -0.3 is 4.90 Å². The Balaban J connectivity index is 1.68. The van der Waals surface area contributed by atoms with Crippen molar-refractivity contribution in [2.24, 2.45) is 0 Å². The first-order chi connectivity index (χ1) is 12.5. The molecule has 26 heavy (non-hydrogen) atoms. The first kappa shape index (κ1) is 17.8. The summed E-state index contributed by atoms with van der Waals surface area (Å²) in [4.78, 5) is 24.7. The van der Waals surface area contributed by atoms with Gasteiger partial charge in [0.25, 0.3) is 5.69 Å². The zero-order valence-corrected chi connectivity index (χ0v) is 14.2. The average molecular weight is 354 g/mol. The second kappa shape index (κ2) is 7.91. The molecule has 0 radical (unpaired) electrons. The highest BCUT2D eigenvalue weighted by Crippen LogP contribution is 2.22. The fraction of sp³-hybridized carbons (Fsp3) is 0.250. The summed E-state index contributed by atoms with van der Waals surface area (Å²) in [6, 6.07) is 12.6. The maximum Gasteiger partial charge on any atom is 0.270 e. The van der Waals surface area contributed by atoms with E-state index >= 15 is 0 Å². The third kappa shape index (κ3) is 4.33. The molecule has 6 heteroatoms. The van der Waals surface area contributed by atoms with E-state index in [1.165, 1.54) is 30.3 Å². The van der Waals surface area contributed by atoms with Crippen LogP contribution in [0.2, 0.25) is 0 Å². The molecule has 0 aliphatic carbocycles. The predicted molar refractivity (Wildman–Crippen MR) is 97.0 cm³/mol. The Bertz CT molecular complexity index is 850. The number of nitro groups is 1. The molecule has 1 aliphatic rings. The predicted octanol–water partition coefficient (Wildman–Crippen LogP) is 3.98. The van der Waals surface area contributed by atoms with Crippen LogP contribution in [-0.4, -0.2) is 28.3 Å². The smallest absolute Gasteiger partial charge is 0.270 e. The number of carbonyl (C=O) groups is 1. The van der Waals surface area contributed by atoms with Crippen molar-refractivity contribution in [3.05, 3.63) is 81.7 Å². The highest BCUT2D eigenvalue weighted by atomic mass is 19.1. The van der Waals surface area contributed by atoms with Crippen molar-refractivity contribution in [2.75, 3.05) is 6.54 Å². The van der Waals surface area contributed by atoms with E-state index in [0.29, 0.717) is 18.5 Å². The highest BCUT2D eigenvalue weighted by molar-refractivity contribution is 5.92. The Labute approximate surface area is 150 Å². The first-order valence-electron chi connectivity index (χ1n) is 8.50. The maximum atomic E-state index is 13.4. The average Bonchev–Trinajstić information content (AvgIpc) is 3.08. The van der Waals surface area contributed by atoms with Crippen molar-refractivity contribution in [1.29, 1.82) is 0 Å². The monoisotopic (exact) mass is 354 g/mol. The number of benzene rings is 2. The molecule has 0 spiro atoms.